The molecule has 0 saturated heterocycles. The number of benzene rings is 2. The summed E-state index contributed by atoms with van der Waals surface area (Å²) in [5.74, 6) is 1.94. The number of carbonyl (C=O) groups excluding carboxylic acids is 1. The molecule has 0 aliphatic rings. The number of hydrogen-bond acceptors (Lipinski definition) is 4. The first kappa shape index (κ1) is 17.7. The highest BCUT2D eigenvalue weighted by molar-refractivity contribution is 5.78. The van der Waals surface area contributed by atoms with E-state index >= 15 is 0 Å². The molecule has 1 amide bonds. The highest BCUT2D eigenvalue weighted by atomic mass is 16.5. The largest absolute Gasteiger partial charge is 0.496 e. The van der Waals surface area contributed by atoms with Gasteiger partial charge in [0.15, 0.2) is 0 Å². The lowest BCUT2D eigenvalue weighted by Gasteiger charge is -2.11. The van der Waals surface area contributed by atoms with Gasteiger partial charge >= 0.3 is 0 Å². The van der Waals surface area contributed by atoms with Gasteiger partial charge in [-0.1, -0.05) is 29.8 Å². The molecule has 2 aromatic rings. The van der Waals surface area contributed by atoms with Crippen LogP contribution < -0.4 is 19.5 Å². The van der Waals surface area contributed by atoms with Crippen LogP contribution in [0.25, 0.3) is 0 Å². The predicted molar refractivity (Wildman–Crippen MR) is 92.9 cm³/mol. The van der Waals surface area contributed by atoms with Crippen LogP contribution in [0.3, 0.4) is 0 Å². The van der Waals surface area contributed by atoms with Gasteiger partial charge in [-0.3, -0.25) is 4.79 Å². The fourth-order valence-corrected chi connectivity index (χ4v) is 2.18. The van der Waals surface area contributed by atoms with Crippen molar-refractivity contribution in [1.82, 2.24) is 5.32 Å². The van der Waals surface area contributed by atoms with Crippen molar-refractivity contribution >= 4 is 5.91 Å². The Labute approximate surface area is 142 Å². The zero-order valence-electron chi connectivity index (χ0n) is 14.3. The van der Waals surface area contributed by atoms with Crippen LogP contribution >= 0.6 is 0 Å². The second kappa shape index (κ2) is 8.82. The molecule has 0 heterocycles. The molecule has 0 spiro atoms. The molecular formula is C19H23NO4. The van der Waals surface area contributed by atoms with Crippen molar-refractivity contribution in [3.8, 4) is 17.2 Å². The van der Waals surface area contributed by atoms with Crippen molar-refractivity contribution < 1.29 is 19.0 Å². The van der Waals surface area contributed by atoms with E-state index in [9.17, 15) is 4.79 Å². The lowest BCUT2D eigenvalue weighted by Crippen LogP contribution is -2.29. The maximum absolute atomic E-state index is 11.9. The first-order valence-corrected chi connectivity index (χ1v) is 7.79. The van der Waals surface area contributed by atoms with Gasteiger partial charge < -0.3 is 19.5 Å². The SMILES string of the molecule is COc1cc(OC)cc(OCCNC(=O)Cc2ccc(C)cc2)c1. The summed E-state index contributed by atoms with van der Waals surface area (Å²) >= 11 is 0. The minimum Gasteiger partial charge on any atom is -0.496 e. The van der Waals surface area contributed by atoms with Crippen molar-refractivity contribution in [2.24, 2.45) is 0 Å². The van der Waals surface area contributed by atoms with E-state index < -0.39 is 0 Å². The Bertz CT molecular complexity index is 645. The van der Waals surface area contributed by atoms with Gasteiger partial charge in [-0.25, -0.2) is 0 Å². The van der Waals surface area contributed by atoms with Gasteiger partial charge in [-0.05, 0) is 12.5 Å². The minimum absolute atomic E-state index is 0.0225. The highest BCUT2D eigenvalue weighted by Gasteiger charge is 2.05. The van der Waals surface area contributed by atoms with E-state index in [1.807, 2.05) is 31.2 Å². The zero-order chi connectivity index (χ0) is 17.4. The number of ether oxygens (including phenoxy) is 3. The topological polar surface area (TPSA) is 56.8 Å². The van der Waals surface area contributed by atoms with Crippen LogP contribution in [0.2, 0.25) is 0 Å². The Balaban J connectivity index is 1.76. The summed E-state index contributed by atoms with van der Waals surface area (Å²) in [5.41, 5.74) is 2.18. The molecule has 0 aliphatic heterocycles. The van der Waals surface area contributed by atoms with E-state index in [0.717, 1.165) is 5.56 Å². The molecule has 24 heavy (non-hydrogen) atoms. The molecule has 0 radical (unpaired) electrons. The van der Waals surface area contributed by atoms with Crippen LogP contribution in [0.4, 0.5) is 0 Å². The van der Waals surface area contributed by atoms with Gasteiger partial charge in [0.05, 0.1) is 27.2 Å². The van der Waals surface area contributed by atoms with Gasteiger partial charge in [0.25, 0.3) is 0 Å². The van der Waals surface area contributed by atoms with Gasteiger partial charge in [0.1, 0.15) is 23.9 Å². The summed E-state index contributed by atoms with van der Waals surface area (Å²) in [6, 6.07) is 13.3. The number of amides is 1. The molecule has 5 nitrogen and oxygen atoms in total. The number of rotatable bonds is 8. The standard InChI is InChI=1S/C19H23NO4/c1-14-4-6-15(7-5-14)10-19(21)20-8-9-24-18-12-16(22-2)11-17(13-18)23-3/h4-7,11-13H,8-10H2,1-3H3,(H,20,21). The lowest BCUT2D eigenvalue weighted by atomic mass is 10.1. The Kier molecular flexibility index (Phi) is 6.49. The molecule has 0 aliphatic carbocycles. The van der Waals surface area contributed by atoms with Crippen molar-refractivity contribution in [2.45, 2.75) is 13.3 Å². The van der Waals surface area contributed by atoms with Crippen LogP contribution in [0.1, 0.15) is 11.1 Å². The molecule has 0 bridgehead atoms. The molecule has 2 rings (SSSR count). The molecule has 0 atom stereocenters. The molecule has 128 valence electrons. The van der Waals surface area contributed by atoms with Crippen molar-refractivity contribution in [3.63, 3.8) is 0 Å². The number of hydrogen-bond donors (Lipinski definition) is 1. The number of methoxy groups -OCH3 is 2. The number of nitrogens with one attached hydrogen (secondary N) is 1. The van der Waals surface area contributed by atoms with E-state index in [0.29, 0.717) is 36.8 Å². The normalized spacial score (nSPS) is 10.1. The molecule has 2 aromatic carbocycles. The Morgan fingerprint density at radius 2 is 1.54 bits per heavy atom. The monoisotopic (exact) mass is 329 g/mol. The van der Waals surface area contributed by atoms with Crippen molar-refractivity contribution in [3.05, 3.63) is 53.6 Å². The Morgan fingerprint density at radius 3 is 2.12 bits per heavy atom. The molecule has 0 saturated carbocycles. The first-order chi connectivity index (χ1) is 11.6. The molecule has 5 heteroatoms. The molecule has 0 aromatic heterocycles. The van der Waals surface area contributed by atoms with Gasteiger partial charge in [0, 0.05) is 18.2 Å². The maximum atomic E-state index is 11.9. The van der Waals surface area contributed by atoms with Crippen LogP contribution in [-0.4, -0.2) is 33.3 Å². The summed E-state index contributed by atoms with van der Waals surface area (Å²) in [5, 5.41) is 2.85. The minimum atomic E-state index is -0.0225. The zero-order valence-corrected chi connectivity index (χ0v) is 14.3. The molecule has 0 fully saturated rings. The van der Waals surface area contributed by atoms with Crippen molar-refractivity contribution in [1.29, 1.82) is 0 Å². The van der Waals surface area contributed by atoms with Gasteiger partial charge in [-0.15, -0.1) is 0 Å². The molecule has 1 N–H and O–H groups in total. The number of aryl methyl sites for hydroxylation is 1. The summed E-state index contributed by atoms with van der Waals surface area (Å²) in [6.07, 6.45) is 0.368. The molecule has 0 unspecified atom stereocenters. The smallest absolute Gasteiger partial charge is 0.224 e. The Hall–Kier alpha value is -2.69. The van der Waals surface area contributed by atoms with E-state index in [1.54, 1.807) is 32.4 Å². The lowest BCUT2D eigenvalue weighted by molar-refractivity contribution is -0.120. The van der Waals surface area contributed by atoms with E-state index in [1.165, 1.54) is 5.56 Å². The fourth-order valence-electron chi connectivity index (χ4n) is 2.18. The van der Waals surface area contributed by atoms with Crippen molar-refractivity contribution in [2.75, 3.05) is 27.4 Å². The third-order valence-electron chi connectivity index (χ3n) is 3.50. The number of carbonyl (C=O) groups is 1. The second-order valence-corrected chi connectivity index (χ2v) is 5.41. The summed E-state index contributed by atoms with van der Waals surface area (Å²) in [6.45, 7) is 2.83. The molecular weight excluding hydrogens is 306 g/mol. The third kappa shape index (κ3) is 5.50. The Morgan fingerprint density at radius 1 is 0.958 bits per heavy atom. The average molecular weight is 329 g/mol. The highest BCUT2D eigenvalue weighted by Crippen LogP contribution is 2.27. The summed E-state index contributed by atoms with van der Waals surface area (Å²) < 4.78 is 16.0. The van der Waals surface area contributed by atoms with E-state index in [-0.39, 0.29) is 5.91 Å². The summed E-state index contributed by atoms with van der Waals surface area (Å²) in [4.78, 5) is 11.9. The van der Waals surface area contributed by atoms with Crippen LogP contribution in [0.5, 0.6) is 17.2 Å². The van der Waals surface area contributed by atoms with E-state index in [2.05, 4.69) is 5.32 Å². The van der Waals surface area contributed by atoms with E-state index in [4.69, 9.17) is 14.2 Å². The average Bonchev–Trinajstić information content (AvgIpc) is 2.60. The predicted octanol–water partition coefficient (Wildman–Crippen LogP) is 2.75. The van der Waals surface area contributed by atoms with Crippen LogP contribution in [0.15, 0.2) is 42.5 Å². The quantitative estimate of drug-likeness (QED) is 0.757. The van der Waals surface area contributed by atoms with Gasteiger partial charge in [-0.2, -0.15) is 0 Å². The van der Waals surface area contributed by atoms with Crippen LogP contribution in [-0.2, 0) is 11.2 Å². The van der Waals surface area contributed by atoms with Crippen LogP contribution in [0, 0.1) is 6.92 Å². The fraction of sp³-hybridized carbons (Fsp3) is 0.316. The first-order valence-electron chi connectivity index (χ1n) is 7.79. The third-order valence-corrected chi connectivity index (χ3v) is 3.50. The maximum Gasteiger partial charge on any atom is 0.224 e. The summed E-state index contributed by atoms with van der Waals surface area (Å²) in [7, 11) is 3.17. The second-order valence-electron chi connectivity index (χ2n) is 5.41. The van der Waals surface area contributed by atoms with Gasteiger partial charge in [0.2, 0.25) is 5.91 Å².